The first kappa shape index (κ1) is 24.1. The van der Waals surface area contributed by atoms with Crippen LogP contribution in [0.2, 0.25) is 0 Å². The van der Waals surface area contributed by atoms with Gasteiger partial charge < -0.3 is 19.1 Å². The zero-order valence-corrected chi connectivity index (χ0v) is 24.8. The minimum absolute atomic E-state index is 1.14. The van der Waals surface area contributed by atoms with Crippen molar-refractivity contribution in [2.75, 3.05) is 0 Å². The van der Waals surface area contributed by atoms with Crippen LogP contribution in [0.5, 0.6) is 0 Å². The Labute approximate surface area is 262 Å². The van der Waals surface area contributed by atoms with Crippen molar-refractivity contribution >= 4 is 87.2 Å². The number of nitrogens with one attached hydrogen (secondary N) is 2. The molecule has 214 valence electrons. The molecule has 11 aromatic rings. The quantitative estimate of drug-likeness (QED) is 0.202. The van der Waals surface area contributed by atoms with Gasteiger partial charge in [0.15, 0.2) is 0 Å². The molecule has 0 saturated heterocycles. The van der Waals surface area contributed by atoms with Crippen LogP contribution < -0.4 is 0 Å². The minimum atomic E-state index is 1.14. The fraction of sp³-hybridized carbons (Fsp3) is 0. The summed E-state index contributed by atoms with van der Waals surface area (Å²) in [6.07, 6.45) is 0. The smallest absolute Gasteiger partial charge is 0.0541 e. The van der Waals surface area contributed by atoms with Crippen molar-refractivity contribution in [1.29, 1.82) is 0 Å². The van der Waals surface area contributed by atoms with Crippen LogP contribution in [0.3, 0.4) is 0 Å². The first-order valence-corrected chi connectivity index (χ1v) is 15.8. The second kappa shape index (κ2) is 8.68. The topological polar surface area (TPSA) is 41.4 Å². The SMILES string of the molecule is c1ccc2c(c1)c1ccccc1n2-c1ccc2[nH]c3ccc4[nH]c5ccc(-n6c7ccccc7c7ccccc76)cc5c4c3c2c1. The second-order valence-corrected chi connectivity index (χ2v) is 12.4. The van der Waals surface area contributed by atoms with Crippen molar-refractivity contribution in [3.63, 3.8) is 0 Å². The Hall–Kier alpha value is -6.26. The molecular formula is C42H26N4. The normalized spacial score (nSPS) is 12.3. The Morgan fingerprint density at radius 2 is 0.630 bits per heavy atom. The van der Waals surface area contributed by atoms with Crippen LogP contribution in [0.1, 0.15) is 0 Å². The predicted octanol–water partition coefficient (Wildman–Crippen LogP) is 11.1. The van der Waals surface area contributed by atoms with E-state index in [9.17, 15) is 0 Å². The summed E-state index contributed by atoms with van der Waals surface area (Å²) in [5.74, 6) is 0. The van der Waals surface area contributed by atoms with Crippen LogP contribution in [-0.2, 0) is 0 Å². The molecule has 0 aliphatic rings. The van der Waals surface area contributed by atoms with E-state index in [1.54, 1.807) is 0 Å². The number of rotatable bonds is 2. The molecular weight excluding hydrogens is 560 g/mol. The van der Waals surface area contributed by atoms with Gasteiger partial charge in [-0.05, 0) is 72.8 Å². The van der Waals surface area contributed by atoms with Gasteiger partial charge in [0.25, 0.3) is 0 Å². The summed E-state index contributed by atoms with van der Waals surface area (Å²) in [5.41, 5.74) is 11.8. The van der Waals surface area contributed by atoms with Gasteiger partial charge in [0.2, 0.25) is 0 Å². The van der Waals surface area contributed by atoms with Crippen molar-refractivity contribution in [2.24, 2.45) is 0 Å². The van der Waals surface area contributed by atoms with Crippen LogP contribution in [-0.4, -0.2) is 19.1 Å². The van der Waals surface area contributed by atoms with Gasteiger partial charge in [-0.15, -0.1) is 0 Å². The molecule has 11 rings (SSSR count). The third kappa shape index (κ3) is 3.07. The molecule has 4 aromatic heterocycles. The van der Waals surface area contributed by atoms with E-state index in [-0.39, 0.29) is 0 Å². The number of fused-ring (bicyclic) bond motifs is 13. The highest BCUT2D eigenvalue weighted by Gasteiger charge is 2.18. The van der Waals surface area contributed by atoms with E-state index >= 15 is 0 Å². The molecule has 0 aliphatic carbocycles. The van der Waals surface area contributed by atoms with Gasteiger partial charge in [-0.3, -0.25) is 0 Å². The molecule has 0 unspecified atom stereocenters. The van der Waals surface area contributed by atoms with E-state index in [1.807, 2.05) is 0 Å². The summed E-state index contributed by atoms with van der Waals surface area (Å²) in [6.45, 7) is 0. The van der Waals surface area contributed by atoms with Gasteiger partial charge in [-0.1, -0.05) is 72.8 Å². The lowest BCUT2D eigenvalue weighted by molar-refractivity contribution is 1.19. The third-order valence-corrected chi connectivity index (χ3v) is 9.97. The average molecular weight is 587 g/mol. The molecule has 0 spiro atoms. The van der Waals surface area contributed by atoms with Crippen molar-refractivity contribution in [2.45, 2.75) is 0 Å². The first-order valence-electron chi connectivity index (χ1n) is 15.8. The summed E-state index contributed by atoms with van der Waals surface area (Å²) in [4.78, 5) is 7.47. The zero-order chi connectivity index (χ0) is 29.9. The fourth-order valence-electron chi connectivity index (χ4n) is 8.04. The standard InChI is InChI=1S/C42H26N4/c1-5-13-37-27(9-1)28-10-2-6-14-38(28)45(37)25-17-19-33-31(23-25)41-35(43-33)21-22-36-42(41)32-24-26(18-20-34(32)44-36)46-39-15-7-3-11-29(39)30-12-4-8-16-40(30)46/h1-24,43-44H. The van der Waals surface area contributed by atoms with Crippen LogP contribution >= 0.6 is 0 Å². The molecule has 0 radical (unpaired) electrons. The van der Waals surface area contributed by atoms with Gasteiger partial charge in [0.05, 0.1) is 22.1 Å². The summed E-state index contributed by atoms with van der Waals surface area (Å²) < 4.78 is 4.80. The fourth-order valence-corrected chi connectivity index (χ4v) is 8.04. The molecule has 0 bridgehead atoms. The van der Waals surface area contributed by atoms with Gasteiger partial charge in [-0.25, -0.2) is 0 Å². The summed E-state index contributed by atoms with van der Waals surface area (Å²) >= 11 is 0. The maximum Gasteiger partial charge on any atom is 0.0541 e. The van der Waals surface area contributed by atoms with Crippen LogP contribution in [0.25, 0.3) is 98.6 Å². The van der Waals surface area contributed by atoms with Crippen molar-refractivity contribution in [3.8, 4) is 11.4 Å². The van der Waals surface area contributed by atoms with Crippen LogP contribution in [0.15, 0.2) is 146 Å². The molecule has 4 nitrogen and oxygen atoms in total. The maximum absolute atomic E-state index is 3.73. The summed E-state index contributed by atoms with van der Waals surface area (Å²) in [6, 6.07) is 52.9. The lowest BCUT2D eigenvalue weighted by Crippen LogP contribution is -1.93. The number of H-pyrrole nitrogens is 2. The molecule has 0 atom stereocenters. The van der Waals surface area contributed by atoms with E-state index < -0.39 is 0 Å². The van der Waals surface area contributed by atoms with Crippen LogP contribution in [0, 0.1) is 0 Å². The molecule has 0 amide bonds. The highest BCUT2D eigenvalue weighted by atomic mass is 15.0. The minimum Gasteiger partial charge on any atom is -0.354 e. The average Bonchev–Trinajstić information content (AvgIpc) is 3.85. The lowest BCUT2D eigenvalue weighted by Gasteiger charge is -2.09. The Morgan fingerprint density at radius 1 is 0.304 bits per heavy atom. The summed E-state index contributed by atoms with van der Waals surface area (Å²) in [7, 11) is 0. The predicted molar refractivity (Wildman–Crippen MR) is 194 cm³/mol. The van der Waals surface area contributed by atoms with Crippen molar-refractivity contribution in [3.05, 3.63) is 146 Å². The number of aromatic nitrogens is 4. The molecule has 2 N–H and O–H groups in total. The molecule has 0 aliphatic heterocycles. The van der Waals surface area contributed by atoms with Gasteiger partial charge in [0, 0.05) is 76.5 Å². The summed E-state index contributed by atoms with van der Waals surface area (Å²) in [5, 5.41) is 10.0. The molecule has 4 heterocycles. The van der Waals surface area contributed by atoms with Crippen LogP contribution in [0.4, 0.5) is 0 Å². The van der Waals surface area contributed by atoms with Gasteiger partial charge in [-0.2, -0.15) is 0 Å². The Morgan fingerprint density at radius 3 is 1.00 bits per heavy atom. The number of nitrogens with zero attached hydrogens (tertiary/aromatic N) is 2. The molecule has 7 aromatic carbocycles. The number of para-hydroxylation sites is 4. The first-order chi connectivity index (χ1) is 22.8. The number of hydrogen-bond donors (Lipinski definition) is 2. The van der Waals surface area contributed by atoms with Crippen molar-refractivity contribution < 1.29 is 0 Å². The van der Waals surface area contributed by atoms with E-state index in [2.05, 4.69) is 165 Å². The number of aromatic amines is 2. The Bertz CT molecular complexity index is 2720. The monoisotopic (exact) mass is 586 g/mol. The van der Waals surface area contributed by atoms with E-state index in [0.717, 1.165) is 33.4 Å². The maximum atomic E-state index is 3.73. The molecule has 4 heteroatoms. The molecule has 0 fully saturated rings. The number of benzene rings is 7. The lowest BCUT2D eigenvalue weighted by atomic mass is 10.0. The molecule has 0 saturated carbocycles. The van der Waals surface area contributed by atoms with Gasteiger partial charge in [0.1, 0.15) is 0 Å². The second-order valence-electron chi connectivity index (χ2n) is 12.4. The number of hydrogen-bond acceptors (Lipinski definition) is 0. The Balaban J connectivity index is 1.22. The largest absolute Gasteiger partial charge is 0.354 e. The highest BCUT2D eigenvalue weighted by molar-refractivity contribution is 6.28. The van der Waals surface area contributed by atoms with Crippen molar-refractivity contribution in [1.82, 2.24) is 19.1 Å². The van der Waals surface area contributed by atoms with E-state index in [4.69, 9.17) is 0 Å². The van der Waals surface area contributed by atoms with E-state index in [0.29, 0.717) is 0 Å². The molecule has 46 heavy (non-hydrogen) atoms. The third-order valence-electron chi connectivity index (χ3n) is 9.97. The van der Waals surface area contributed by atoms with Gasteiger partial charge >= 0.3 is 0 Å². The zero-order valence-electron chi connectivity index (χ0n) is 24.8. The highest BCUT2D eigenvalue weighted by Crippen LogP contribution is 2.40. The Kier molecular flexibility index (Phi) is 4.55. The van der Waals surface area contributed by atoms with E-state index in [1.165, 1.54) is 65.2 Å².